The summed E-state index contributed by atoms with van der Waals surface area (Å²) in [5, 5.41) is 20.3. The van der Waals surface area contributed by atoms with Crippen LogP contribution < -0.4 is 0 Å². The maximum Gasteiger partial charge on any atom is 0.290 e. The SMILES string of the molecule is O=[N+]([O-])c1cc(N=Cc2ccccc2O)ccc1Cl. The van der Waals surface area contributed by atoms with Gasteiger partial charge in [-0.2, -0.15) is 0 Å². The molecule has 2 rings (SSSR count). The minimum absolute atomic E-state index is 0.0616. The number of para-hydroxylation sites is 1. The fourth-order valence-electron chi connectivity index (χ4n) is 1.46. The molecule has 0 aliphatic heterocycles. The van der Waals surface area contributed by atoms with Gasteiger partial charge in [0.25, 0.3) is 5.69 Å². The third-order valence-electron chi connectivity index (χ3n) is 2.42. The summed E-state index contributed by atoms with van der Waals surface area (Å²) in [6.45, 7) is 0. The van der Waals surface area contributed by atoms with E-state index in [0.717, 1.165) is 0 Å². The van der Waals surface area contributed by atoms with Crippen LogP contribution in [0.2, 0.25) is 5.02 Å². The predicted octanol–water partition coefficient (Wildman–Crippen LogP) is 3.70. The van der Waals surface area contributed by atoms with Crippen molar-refractivity contribution in [2.24, 2.45) is 4.99 Å². The van der Waals surface area contributed by atoms with Crippen molar-refractivity contribution in [3.05, 3.63) is 63.2 Å². The van der Waals surface area contributed by atoms with Crippen molar-refractivity contribution in [2.75, 3.05) is 0 Å². The number of nitro benzene ring substituents is 1. The number of phenols is 1. The monoisotopic (exact) mass is 276 g/mol. The standard InChI is InChI=1S/C13H9ClN2O3/c14-11-6-5-10(7-12(11)16(18)19)15-8-9-3-1-2-4-13(9)17/h1-8,17H. The van der Waals surface area contributed by atoms with Crippen molar-refractivity contribution in [1.82, 2.24) is 0 Å². The molecule has 0 radical (unpaired) electrons. The van der Waals surface area contributed by atoms with E-state index < -0.39 is 4.92 Å². The minimum Gasteiger partial charge on any atom is -0.507 e. The van der Waals surface area contributed by atoms with Crippen LogP contribution in [0.3, 0.4) is 0 Å². The van der Waals surface area contributed by atoms with Crippen LogP contribution in [0.1, 0.15) is 5.56 Å². The molecule has 2 aromatic rings. The lowest BCUT2D eigenvalue weighted by Gasteiger charge is -1.98. The van der Waals surface area contributed by atoms with Gasteiger partial charge in [-0.05, 0) is 24.3 Å². The number of nitro groups is 1. The average Bonchev–Trinajstić information content (AvgIpc) is 2.39. The summed E-state index contributed by atoms with van der Waals surface area (Å²) in [6.07, 6.45) is 1.43. The Hall–Kier alpha value is -2.40. The second kappa shape index (κ2) is 5.49. The lowest BCUT2D eigenvalue weighted by Crippen LogP contribution is -1.88. The summed E-state index contributed by atoms with van der Waals surface area (Å²) in [5.41, 5.74) is 0.716. The van der Waals surface area contributed by atoms with Crippen molar-refractivity contribution in [3.63, 3.8) is 0 Å². The average molecular weight is 277 g/mol. The number of halogens is 1. The van der Waals surface area contributed by atoms with Crippen LogP contribution in [0.4, 0.5) is 11.4 Å². The van der Waals surface area contributed by atoms with E-state index >= 15 is 0 Å². The first kappa shape index (κ1) is 13.0. The van der Waals surface area contributed by atoms with Crippen molar-refractivity contribution >= 4 is 29.2 Å². The first-order valence-electron chi connectivity index (χ1n) is 5.34. The number of aliphatic imine (C=N–C) groups is 1. The summed E-state index contributed by atoms with van der Waals surface area (Å²) in [6, 6.07) is 10.9. The van der Waals surface area contributed by atoms with E-state index in [0.29, 0.717) is 11.3 Å². The fourth-order valence-corrected chi connectivity index (χ4v) is 1.65. The van der Waals surface area contributed by atoms with E-state index in [-0.39, 0.29) is 16.5 Å². The van der Waals surface area contributed by atoms with E-state index in [9.17, 15) is 15.2 Å². The van der Waals surface area contributed by atoms with Gasteiger partial charge in [-0.1, -0.05) is 23.7 Å². The highest BCUT2D eigenvalue weighted by Gasteiger charge is 2.12. The Morgan fingerprint density at radius 2 is 2.00 bits per heavy atom. The number of phenolic OH excluding ortho intramolecular Hbond substituents is 1. The molecule has 5 nitrogen and oxygen atoms in total. The molecule has 0 saturated heterocycles. The molecule has 0 bridgehead atoms. The summed E-state index contributed by atoms with van der Waals surface area (Å²) >= 11 is 5.70. The highest BCUT2D eigenvalue weighted by molar-refractivity contribution is 6.32. The maximum absolute atomic E-state index is 10.7. The molecule has 0 aromatic heterocycles. The first-order chi connectivity index (χ1) is 9.08. The molecule has 19 heavy (non-hydrogen) atoms. The molecule has 0 spiro atoms. The van der Waals surface area contributed by atoms with E-state index in [2.05, 4.69) is 4.99 Å². The van der Waals surface area contributed by atoms with E-state index in [4.69, 9.17) is 11.6 Å². The number of rotatable bonds is 3. The summed E-state index contributed by atoms with van der Waals surface area (Å²) in [7, 11) is 0. The van der Waals surface area contributed by atoms with Gasteiger partial charge in [0, 0.05) is 17.8 Å². The van der Waals surface area contributed by atoms with Gasteiger partial charge in [0.15, 0.2) is 0 Å². The van der Waals surface area contributed by atoms with Crippen LogP contribution in [0, 0.1) is 10.1 Å². The van der Waals surface area contributed by atoms with E-state index in [1.54, 1.807) is 24.3 Å². The maximum atomic E-state index is 10.7. The second-order valence-electron chi connectivity index (χ2n) is 3.71. The smallest absolute Gasteiger partial charge is 0.290 e. The summed E-state index contributed by atoms with van der Waals surface area (Å²) in [4.78, 5) is 14.2. The van der Waals surface area contributed by atoms with Crippen LogP contribution >= 0.6 is 11.6 Å². The molecule has 0 fully saturated rings. The number of nitrogens with zero attached hydrogens (tertiary/aromatic N) is 2. The molecule has 0 heterocycles. The molecule has 0 unspecified atom stereocenters. The summed E-state index contributed by atoms with van der Waals surface area (Å²) < 4.78 is 0. The molecule has 0 atom stereocenters. The van der Waals surface area contributed by atoms with Crippen molar-refractivity contribution in [1.29, 1.82) is 0 Å². The topological polar surface area (TPSA) is 75.7 Å². The van der Waals surface area contributed by atoms with Crippen LogP contribution in [-0.4, -0.2) is 16.2 Å². The molecule has 1 N–H and O–H groups in total. The molecule has 2 aromatic carbocycles. The Kier molecular flexibility index (Phi) is 3.77. The molecule has 0 saturated carbocycles. The van der Waals surface area contributed by atoms with Crippen molar-refractivity contribution in [2.45, 2.75) is 0 Å². The molecule has 0 aliphatic carbocycles. The van der Waals surface area contributed by atoms with Crippen LogP contribution in [0.15, 0.2) is 47.5 Å². The lowest BCUT2D eigenvalue weighted by molar-refractivity contribution is -0.384. The molecular formula is C13H9ClN2O3. The Labute approximate surface area is 113 Å². The largest absolute Gasteiger partial charge is 0.507 e. The third-order valence-corrected chi connectivity index (χ3v) is 2.74. The Balaban J connectivity index is 2.32. The van der Waals surface area contributed by atoms with Gasteiger partial charge in [0.1, 0.15) is 10.8 Å². The zero-order valence-electron chi connectivity index (χ0n) is 9.65. The minimum atomic E-state index is -0.568. The predicted molar refractivity (Wildman–Crippen MR) is 73.5 cm³/mol. The molecule has 0 aliphatic rings. The lowest BCUT2D eigenvalue weighted by atomic mass is 10.2. The normalized spacial score (nSPS) is 10.8. The highest BCUT2D eigenvalue weighted by Crippen LogP contribution is 2.28. The number of hydrogen-bond acceptors (Lipinski definition) is 4. The molecule has 6 heteroatoms. The zero-order valence-corrected chi connectivity index (χ0v) is 10.4. The Morgan fingerprint density at radius 3 is 2.68 bits per heavy atom. The van der Waals surface area contributed by atoms with Gasteiger partial charge in [-0.15, -0.1) is 0 Å². The first-order valence-corrected chi connectivity index (χ1v) is 5.72. The second-order valence-corrected chi connectivity index (χ2v) is 4.12. The van der Waals surface area contributed by atoms with Crippen LogP contribution in [0.25, 0.3) is 0 Å². The Bertz CT molecular complexity index is 656. The third kappa shape index (κ3) is 3.08. The molecule has 96 valence electrons. The van der Waals surface area contributed by atoms with Gasteiger partial charge in [-0.25, -0.2) is 0 Å². The molecule has 0 amide bonds. The fraction of sp³-hybridized carbons (Fsp3) is 0. The Morgan fingerprint density at radius 1 is 1.26 bits per heavy atom. The van der Waals surface area contributed by atoms with Gasteiger partial charge in [0.05, 0.1) is 10.6 Å². The zero-order chi connectivity index (χ0) is 13.8. The van der Waals surface area contributed by atoms with Gasteiger partial charge >= 0.3 is 0 Å². The van der Waals surface area contributed by atoms with E-state index in [1.807, 2.05) is 0 Å². The van der Waals surface area contributed by atoms with Crippen LogP contribution in [0.5, 0.6) is 5.75 Å². The van der Waals surface area contributed by atoms with E-state index in [1.165, 1.54) is 24.4 Å². The summed E-state index contributed by atoms with van der Waals surface area (Å²) in [5.74, 6) is 0.0923. The van der Waals surface area contributed by atoms with Crippen LogP contribution in [-0.2, 0) is 0 Å². The van der Waals surface area contributed by atoms with Gasteiger partial charge in [-0.3, -0.25) is 15.1 Å². The number of benzene rings is 2. The van der Waals surface area contributed by atoms with Crippen molar-refractivity contribution < 1.29 is 10.0 Å². The molecular weight excluding hydrogens is 268 g/mol. The van der Waals surface area contributed by atoms with Gasteiger partial charge < -0.3 is 5.11 Å². The highest BCUT2D eigenvalue weighted by atomic mass is 35.5. The van der Waals surface area contributed by atoms with Crippen molar-refractivity contribution in [3.8, 4) is 5.75 Å². The van der Waals surface area contributed by atoms with Gasteiger partial charge in [0.2, 0.25) is 0 Å². The number of aromatic hydroxyl groups is 1. The number of hydrogen-bond donors (Lipinski definition) is 1. The quantitative estimate of drug-likeness (QED) is 0.527.